The topological polar surface area (TPSA) is 144 Å². The Kier molecular flexibility index (Phi) is 30.7. The molecule has 8 nitrogen and oxygen atoms in total. The van der Waals surface area contributed by atoms with E-state index in [1.165, 1.54) is 57.1 Å². The van der Waals surface area contributed by atoms with Gasteiger partial charge in [0, 0.05) is 33.3 Å². The van der Waals surface area contributed by atoms with Crippen LogP contribution >= 0.6 is 0 Å². The second-order valence-corrected chi connectivity index (χ2v) is 8.23. The molecule has 0 bridgehead atoms. The summed E-state index contributed by atoms with van der Waals surface area (Å²) in [5.41, 5.74) is 0. The predicted octanol–water partition coefficient (Wildman–Crippen LogP) is 6.63. The van der Waals surface area contributed by atoms with Crippen molar-refractivity contribution >= 4 is 17.5 Å². The fourth-order valence-electron chi connectivity index (χ4n) is 3.77. The monoisotopic (exact) mass is 698 g/mol. The van der Waals surface area contributed by atoms with Gasteiger partial charge < -0.3 is 14.3 Å². The van der Waals surface area contributed by atoms with Crippen LogP contribution in [-0.4, -0.2) is 22.6 Å². The summed E-state index contributed by atoms with van der Waals surface area (Å²) in [7, 11) is 0. The summed E-state index contributed by atoms with van der Waals surface area (Å²) in [5.74, 6) is -0.206. The van der Waals surface area contributed by atoms with Crippen molar-refractivity contribution in [2.75, 3.05) is 0 Å². The second-order valence-electron chi connectivity index (χ2n) is 8.23. The summed E-state index contributed by atoms with van der Waals surface area (Å²) in [4.78, 5) is 34.6. The number of allylic oxidation sites excluding steroid dienone is 2. The number of rotatable bonds is 18. The molecular formula is C29H35O8Re-. The average Bonchev–Trinajstić information content (AvgIpc) is 3.65. The first-order valence-electron chi connectivity index (χ1n) is 12.3. The molecule has 207 valence electrons. The van der Waals surface area contributed by atoms with E-state index in [4.69, 9.17) is 23.5 Å². The van der Waals surface area contributed by atoms with Crippen LogP contribution in [0.2, 0.25) is 0 Å². The molecule has 1 aromatic rings. The van der Waals surface area contributed by atoms with Crippen molar-refractivity contribution in [3.63, 3.8) is 0 Å². The van der Waals surface area contributed by atoms with Crippen LogP contribution in [0, 0.1) is 38.7 Å². The van der Waals surface area contributed by atoms with Gasteiger partial charge in [-0.25, -0.2) is 23.4 Å². The molecule has 9 heteroatoms. The zero-order valence-electron chi connectivity index (χ0n) is 21.5. The summed E-state index contributed by atoms with van der Waals surface area (Å²) in [5, 5.41) is 8.81. The van der Waals surface area contributed by atoms with Crippen LogP contribution in [0.5, 0.6) is 0 Å². The third-order valence-electron chi connectivity index (χ3n) is 5.63. The van der Waals surface area contributed by atoms with Crippen molar-refractivity contribution in [1.82, 2.24) is 0 Å². The van der Waals surface area contributed by atoms with Gasteiger partial charge in [-0.3, -0.25) is 4.79 Å². The minimum absolute atomic E-state index is 0. The first-order valence-corrected chi connectivity index (χ1v) is 12.3. The quantitative estimate of drug-likeness (QED) is 0.0793. The molecule has 1 heterocycles. The number of unbranched alkanes of at least 4 members (excludes halogenated alkanes) is 11. The van der Waals surface area contributed by atoms with Crippen LogP contribution in [0.4, 0.5) is 0 Å². The van der Waals surface area contributed by atoms with E-state index in [0.29, 0.717) is 12.8 Å². The van der Waals surface area contributed by atoms with E-state index in [9.17, 15) is 14.4 Å². The third-order valence-corrected chi connectivity index (χ3v) is 5.63. The van der Waals surface area contributed by atoms with E-state index < -0.39 is 5.97 Å². The van der Waals surface area contributed by atoms with Crippen LogP contribution in [0.1, 0.15) is 111 Å². The van der Waals surface area contributed by atoms with Gasteiger partial charge in [-0.2, -0.15) is 0 Å². The molecular weight excluding hydrogens is 663 g/mol. The van der Waals surface area contributed by atoms with Crippen LogP contribution in [0.3, 0.4) is 0 Å². The molecule has 2 rings (SSSR count). The van der Waals surface area contributed by atoms with Crippen LogP contribution in [-0.2, 0) is 39.2 Å². The fourth-order valence-corrected chi connectivity index (χ4v) is 3.77. The number of hydrogen-bond acceptors (Lipinski definition) is 4. The van der Waals surface area contributed by atoms with Gasteiger partial charge in [0.25, 0.3) is 0 Å². The molecule has 3 radical (unpaired) electrons. The molecule has 1 aliphatic carbocycles. The zero-order chi connectivity index (χ0) is 28.3. The molecule has 0 fully saturated rings. The maximum Gasteiger partial charge on any atom is 0 e. The van der Waals surface area contributed by atoms with E-state index >= 15 is 0 Å². The van der Waals surface area contributed by atoms with Gasteiger partial charge in [0.2, 0.25) is 5.76 Å². The third kappa shape index (κ3) is 19.7. The number of hydrogen-bond donors (Lipinski definition) is 1. The SMILES string of the molecule is O=C(CCCCCCCCCCCCCCC(=O)c1ccc(C(=O)O)o1)[C]1[CH]C=C[CH-]1.[C-]#[O+].[C-]#[O+].[C-]#[O+].[Re]. The van der Waals surface area contributed by atoms with Gasteiger partial charge in [-0.05, 0) is 30.9 Å². The molecule has 38 heavy (non-hydrogen) atoms. The molecule has 1 N–H and O–H groups in total. The summed E-state index contributed by atoms with van der Waals surface area (Å²) >= 11 is 0. The zero-order valence-corrected chi connectivity index (χ0v) is 24.3. The summed E-state index contributed by atoms with van der Waals surface area (Å²) in [6.07, 6.45) is 22.5. The molecule has 1 aromatic heterocycles. The Balaban J connectivity index is -0.00000163. The molecule has 0 amide bonds. The Hall–Kier alpha value is -2.42. The smallest absolute Gasteiger partial charge is 0 e. The number of carbonyl (C=O) groups is 3. The van der Waals surface area contributed by atoms with Gasteiger partial charge in [-0.15, -0.1) is 0 Å². The minimum atomic E-state index is -1.15. The molecule has 0 spiro atoms. The molecule has 0 unspecified atom stereocenters. The molecule has 0 aromatic carbocycles. The van der Waals surface area contributed by atoms with Crippen molar-refractivity contribution in [1.29, 1.82) is 0 Å². The van der Waals surface area contributed by atoms with Crippen molar-refractivity contribution in [2.24, 2.45) is 0 Å². The maximum atomic E-state index is 12.0. The number of furan rings is 1. The van der Waals surface area contributed by atoms with E-state index in [0.717, 1.165) is 38.0 Å². The van der Waals surface area contributed by atoms with Gasteiger partial charge in [0.1, 0.15) is 5.78 Å². The van der Waals surface area contributed by atoms with Crippen molar-refractivity contribution < 1.29 is 58.3 Å². The summed E-state index contributed by atoms with van der Waals surface area (Å²) in [6.45, 7) is 13.5. The Morgan fingerprint density at radius 3 is 1.45 bits per heavy atom. The van der Waals surface area contributed by atoms with Crippen molar-refractivity contribution in [3.05, 3.63) is 74.5 Å². The van der Waals surface area contributed by atoms with E-state index in [1.54, 1.807) is 0 Å². The Labute approximate surface area is 239 Å². The number of aromatic carboxylic acids is 1. The summed E-state index contributed by atoms with van der Waals surface area (Å²) in [6, 6.07) is 2.76. The molecule has 0 aliphatic heterocycles. The van der Waals surface area contributed by atoms with Gasteiger partial charge in [0.15, 0.2) is 11.5 Å². The standard InChI is InChI=1S/C26H35O5.3CO.Re/c27-22(21-15-13-14-16-21)17-11-9-7-5-3-1-2-4-6-8-10-12-18-23(28)24-19-20-25(31-24)26(29)30;3*1-2;/h13-16,19-20H,1-12,17-18H2,(H,29,30);;;;/q-1;;;;. The van der Waals surface area contributed by atoms with Crippen molar-refractivity contribution in [3.8, 4) is 0 Å². The number of Topliss-reactive ketones (excluding diaryl/α,β-unsaturated/α-hetero) is 2. The second kappa shape index (κ2) is 29.1. The maximum absolute atomic E-state index is 12.0. The van der Waals surface area contributed by atoms with Crippen LogP contribution in [0.15, 0.2) is 28.7 Å². The Morgan fingerprint density at radius 1 is 0.684 bits per heavy atom. The first-order chi connectivity index (χ1) is 18.1. The Bertz CT molecular complexity index is 828. The molecule has 0 atom stereocenters. The normalized spacial score (nSPS) is 11.1. The number of carbonyl (C=O) groups excluding carboxylic acids is 2. The molecule has 0 saturated heterocycles. The molecule has 0 saturated carbocycles. The van der Waals surface area contributed by atoms with E-state index in [-0.39, 0.29) is 43.5 Å². The molecule has 1 aliphatic rings. The van der Waals surface area contributed by atoms with Gasteiger partial charge in [0.05, 0.1) is 0 Å². The number of ketones is 2. The number of carboxylic acid groups (broad SMARTS) is 1. The van der Waals surface area contributed by atoms with Gasteiger partial charge in [-0.1, -0.05) is 70.6 Å². The van der Waals surface area contributed by atoms with Crippen molar-refractivity contribution in [2.45, 2.75) is 89.9 Å². The first kappa shape index (κ1) is 40.1. The summed E-state index contributed by atoms with van der Waals surface area (Å²) < 4.78 is 27.5. The van der Waals surface area contributed by atoms with E-state index in [1.807, 2.05) is 25.0 Å². The predicted molar refractivity (Wildman–Crippen MR) is 132 cm³/mol. The fraction of sp³-hybridized carbons (Fsp3) is 0.483. The Morgan fingerprint density at radius 2 is 1.08 bits per heavy atom. The van der Waals surface area contributed by atoms with Crippen LogP contribution < -0.4 is 0 Å². The van der Waals surface area contributed by atoms with Gasteiger partial charge >= 0.3 is 39.9 Å². The largest absolute Gasteiger partial charge is 0 e. The van der Waals surface area contributed by atoms with E-state index in [2.05, 4.69) is 20.0 Å². The number of carboxylic acids is 1. The average molecular weight is 698 g/mol. The van der Waals surface area contributed by atoms with Crippen LogP contribution in [0.25, 0.3) is 0 Å². The minimum Gasteiger partial charge on any atom is 0 e.